The van der Waals surface area contributed by atoms with E-state index in [1.807, 2.05) is 96.5 Å². The molecule has 0 saturated carbocycles. The van der Waals surface area contributed by atoms with Gasteiger partial charge in [0.05, 0.1) is 16.7 Å². The molecule has 1 atom stereocenters. The molecule has 0 aliphatic carbocycles. The van der Waals surface area contributed by atoms with Gasteiger partial charge in [0.15, 0.2) is 0 Å². The predicted molar refractivity (Wildman–Crippen MR) is 120 cm³/mol. The third-order valence-electron chi connectivity index (χ3n) is 5.38. The van der Waals surface area contributed by atoms with Gasteiger partial charge in [-0.15, -0.1) is 0 Å². The number of hydrogen-bond donors (Lipinski definition) is 2. The number of carbonyl (C=O) groups excluding carboxylic acids is 1. The van der Waals surface area contributed by atoms with Crippen LogP contribution in [-0.2, 0) is 7.05 Å². The van der Waals surface area contributed by atoms with Gasteiger partial charge in [0.2, 0.25) is 0 Å². The minimum Gasteiger partial charge on any atom is -0.337 e. The summed E-state index contributed by atoms with van der Waals surface area (Å²) in [4.78, 5) is 18.0. The zero-order valence-electron chi connectivity index (χ0n) is 17.0. The zero-order valence-corrected chi connectivity index (χ0v) is 17.0. The smallest absolute Gasteiger partial charge is 0.270 e. The van der Waals surface area contributed by atoms with Gasteiger partial charge in [0, 0.05) is 12.6 Å². The van der Waals surface area contributed by atoms with Crippen LogP contribution in [0.5, 0.6) is 0 Å². The molecule has 31 heavy (non-hydrogen) atoms. The molecule has 6 nitrogen and oxygen atoms in total. The molecule has 2 aromatic heterocycles. The van der Waals surface area contributed by atoms with Crippen LogP contribution >= 0.6 is 0 Å². The first-order valence-corrected chi connectivity index (χ1v) is 10.1. The van der Waals surface area contributed by atoms with Crippen molar-refractivity contribution in [2.75, 3.05) is 0 Å². The Morgan fingerprint density at radius 3 is 2.35 bits per heavy atom. The number of nitrogens with zero attached hydrogens (tertiary/aromatic N) is 3. The number of hydrogen-bond acceptors (Lipinski definition) is 3. The van der Waals surface area contributed by atoms with Crippen molar-refractivity contribution in [2.24, 2.45) is 7.05 Å². The average Bonchev–Trinajstić information content (AvgIpc) is 3.44. The van der Waals surface area contributed by atoms with Gasteiger partial charge < -0.3 is 9.88 Å². The molecule has 2 heterocycles. The molecule has 0 unspecified atom stereocenters. The highest BCUT2D eigenvalue weighted by Crippen LogP contribution is 2.25. The van der Waals surface area contributed by atoms with Crippen LogP contribution in [0.1, 0.15) is 27.9 Å². The average molecular weight is 407 g/mol. The third kappa shape index (κ3) is 3.59. The Hall–Kier alpha value is -4.19. The first kappa shape index (κ1) is 18.8. The van der Waals surface area contributed by atoms with Crippen LogP contribution in [0.4, 0.5) is 0 Å². The van der Waals surface area contributed by atoms with Crippen LogP contribution in [0.25, 0.3) is 22.3 Å². The van der Waals surface area contributed by atoms with E-state index in [4.69, 9.17) is 4.98 Å². The molecule has 0 fully saturated rings. The molecule has 3 aromatic carbocycles. The second-order valence-electron chi connectivity index (χ2n) is 7.37. The first-order chi connectivity index (χ1) is 15.2. The number of para-hydroxylation sites is 2. The number of carbonyl (C=O) groups is 1. The summed E-state index contributed by atoms with van der Waals surface area (Å²) in [5.74, 6) is 0.527. The molecule has 1 amide bonds. The molecule has 0 bridgehead atoms. The molecule has 0 radical (unpaired) electrons. The summed E-state index contributed by atoms with van der Waals surface area (Å²) < 4.78 is 2.02. The number of rotatable bonds is 5. The predicted octanol–water partition coefficient (Wildman–Crippen LogP) is 4.48. The number of amides is 1. The first-order valence-electron chi connectivity index (χ1n) is 10.1. The van der Waals surface area contributed by atoms with Crippen LogP contribution in [-0.4, -0.2) is 25.7 Å². The molecule has 0 aliphatic rings. The lowest BCUT2D eigenvalue weighted by Crippen LogP contribution is -2.31. The molecule has 152 valence electrons. The lowest BCUT2D eigenvalue weighted by Gasteiger charge is -2.19. The van der Waals surface area contributed by atoms with Crippen LogP contribution < -0.4 is 5.32 Å². The maximum atomic E-state index is 13.2. The zero-order chi connectivity index (χ0) is 21.2. The van der Waals surface area contributed by atoms with Crippen molar-refractivity contribution in [3.63, 3.8) is 0 Å². The number of benzene rings is 3. The number of nitrogens with one attached hydrogen (secondary N) is 2. The number of imidazole rings is 1. The second-order valence-corrected chi connectivity index (χ2v) is 7.37. The molecule has 0 aliphatic heterocycles. The van der Waals surface area contributed by atoms with Gasteiger partial charge in [-0.3, -0.25) is 9.89 Å². The van der Waals surface area contributed by atoms with E-state index in [1.54, 1.807) is 6.07 Å². The van der Waals surface area contributed by atoms with Crippen LogP contribution in [0, 0.1) is 0 Å². The minimum atomic E-state index is -0.408. The van der Waals surface area contributed by atoms with Gasteiger partial charge in [0.1, 0.15) is 17.6 Å². The summed E-state index contributed by atoms with van der Waals surface area (Å²) in [6, 6.07) is 28.9. The van der Waals surface area contributed by atoms with E-state index in [-0.39, 0.29) is 5.91 Å². The Labute approximate surface area is 179 Å². The van der Waals surface area contributed by atoms with Crippen LogP contribution in [0.2, 0.25) is 0 Å². The maximum Gasteiger partial charge on any atom is 0.270 e. The number of aryl methyl sites for hydroxylation is 1. The number of fused-ring (bicyclic) bond motifs is 1. The Bertz CT molecular complexity index is 1340. The highest BCUT2D eigenvalue weighted by atomic mass is 16.2. The summed E-state index contributed by atoms with van der Waals surface area (Å²) in [6.07, 6.45) is 0. The molecule has 5 aromatic rings. The SMILES string of the molecule is Cn1c([C@H](NC(=O)c2cc(-c3ccccc3)n[nH]2)c2ccccc2)nc2ccccc21. The van der Waals surface area contributed by atoms with Gasteiger partial charge in [0.25, 0.3) is 5.91 Å². The van der Waals surface area contributed by atoms with Crippen molar-refractivity contribution in [1.82, 2.24) is 25.1 Å². The highest BCUT2D eigenvalue weighted by molar-refractivity contribution is 5.94. The molecule has 5 rings (SSSR count). The standard InChI is InChI=1S/C25H21N5O/c1-30-22-15-9-8-14-19(22)26-24(30)23(18-12-6-3-7-13-18)27-25(31)21-16-20(28-29-21)17-10-4-2-5-11-17/h2-16,23H,1H3,(H,27,31)(H,28,29)/t23-/m1/s1. The number of H-pyrrole nitrogens is 1. The summed E-state index contributed by atoms with van der Waals surface area (Å²) in [6.45, 7) is 0. The second kappa shape index (κ2) is 7.91. The van der Waals surface area contributed by atoms with Crippen molar-refractivity contribution in [3.05, 3.63) is 108 Å². The fraction of sp³-hybridized carbons (Fsp3) is 0.0800. The summed E-state index contributed by atoms with van der Waals surface area (Å²) in [5.41, 5.74) is 4.94. The topological polar surface area (TPSA) is 75.6 Å². The van der Waals surface area contributed by atoms with Crippen molar-refractivity contribution in [3.8, 4) is 11.3 Å². The van der Waals surface area contributed by atoms with Crippen molar-refractivity contribution in [1.29, 1.82) is 0 Å². The molecular formula is C25H21N5O. The van der Waals surface area contributed by atoms with Gasteiger partial charge in [-0.1, -0.05) is 72.8 Å². The number of aromatic nitrogens is 4. The van der Waals surface area contributed by atoms with Gasteiger partial charge in [-0.25, -0.2) is 4.98 Å². The van der Waals surface area contributed by atoms with Crippen LogP contribution in [0.3, 0.4) is 0 Å². The third-order valence-corrected chi connectivity index (χ3v) is 5.38. The Kier molecular flexibility index (Phi) is 4.80. The fourth-order valence-corrected chi connectivity index (χ4v) is 3.77. The lowest BCUT2D eigenvalue weighted by atomic mass is 10.1. The summed E-state index contributed by atoms with van der Waals surface area (Å²) in [5, 5.41) is 10.3. The van der Waals surface area contributed by atoms with Gasteiger partial charge in [-0.2, -0.15) is 5.10 Å². The van der Waals surface area contributed by atoms with Crippen molar-refractivity contribution < 1.29 is 4.79 Å². The van der Waals surface area contributed by atoms with E-state index < -0.39 is 6.04 Å². The largest absolute Gasteiger partial charge is 0.337 e. The molecule has 6 heteroatoms. The van der Waals surface area contributed by atoms with Crippen molar-refractivity contribution in [2.45, 2.75) is 6.04 Å². The molecule has 2 N–H and O–H groups in total. The summed E-state index contributed by atoms with van der Waals surface area (Å²) in [7, 11) is 1.97. The maximum absolute atomic E-state index is 13.2. The fourth-order valence-electron chi connectivity index (χ4n) is 3.77. The Morgan fingerprint density at radius 1 is 0.935 bits per heavy atom. The molecular weight excluding hydrogens is 386 g/mol. The van der Waals surface area contributed by atoms with Crippen LogP contribution in [0.15, 0.2) is 91.0 Å². The van der Waals surface area contributed by atoms with Gasteiger partial charge in [-0.05, 0) is 23.8 Å². The van der Waals surface area contributed by atoms with E-state index >= 15 is 0 Å². The monoisotopic (exact) mass is 407 g/mol. The van der Waals surface area contributed by atoms with E-state index in [0.29, 0.717) is 5.69 Å². The summed E-state index contributed by atoms with van der Waals surface area (Å²) >= 11 is 0. The van der Waals surface area contributed by atoms with E-state index in [9.17, 15) is 4.79 Å². The quantitative estimate of drug-likeness (QED) is 0.451. The van der Waals surface area contributed by atoms with E-state index in [1.165, 1.54) is 0 Å². The lowest BCUT2D eigenvalue weighted by molar-refractivity contribution is 0.0936. The molecule has 0 saturated heterocycles. The Balaban J connectivity index is 1.50. The highest BCUT2D eigenvalue weighted by Gasteiger charge is 2.24. The Morgan fingerprint density at radius 2 is 1.61 bits per heavy atom. The van der Waals surface area contributed by atoms with Gasteiger partial charge >= 0.3 is 0 Å². The van der Waals surface area contributed by atoms with Crippen molar-refractivity contribution >= 4 is 16.9 Å². The molecule has 0 spiro atoms. The van der Waals surface area contributed by atoms with E-state index in [0.717, 1.165) is 33.7 Å². The van der Waals surface area contributed by atoms with E-state index in [2.05, 4.69) is 15.5 Å². The number of aromatic amines is 1. The minimum absolute atomic E-state index is 0.240. The normalized spacial score (nSPS) is 12.0.